The summed E-state index contributed by atoms with van der Waals surface area (Å²) in [7, 11) is 1.85. The van der Waals surface area contributed by atoms with Crippen molar-refractivity contribution in [2.75, 3.05) is 13.2 Å². The van der Waals surface area contributed by atoms with Gasteiger partial charge in [0.15, 0.2) is 0 Å². The van der Waals surface area contributed by atoms with Crippen molar-refractivity contribution in [3.63, 3.8) is 0 Å². The minimum atomic E-state index is 0.532. The summed E-state index contributed by atoms with van der Waals surface area (Å²) in [6.07, 6.45) is 1.77. The number of hydrogen-bond acceptors (Lipinski definition) is 3. The van der Waals surface area contributed by atoms with Crippen molar-refractivity contribution in [3.05, 3.63) is 11.8 Å². The van der Waals surface area contributed by atoms with E-state index in [1.807, 2.05) is 14.0 Å². The summed E-state index contributed by atoms with van der Waals surface area (Å²) in [4.78, 5) is 0. The van der Waals surface area contributed by atoms with Gasteiger partial charge in [0, 0.05) is 19.2 Å². The van der Waals surface area contributed by atoms with Crippen LogP contribution in [-0.2, 0) is 7.05 Å². The zero-order valence-corrected chi connectivity index (χ0v) is 6.87. The minimum absolute atomic E-state index is 0.532. The fourth-order valence-corrected chi connectivity index (χ4v) is 0.899. The predicted octanol–water partition coefficient (Wildman–Crippen LogP) is 0.0660. The van der Waals surface area contributed by atoms with E-state index >= 15 is 0 Å². The molecule has 4 nitrogen and oxygen atoms in total. The van der Waals surface area contributed by atoms with Crippen LogP contribution in [-0.4, -0.2) is 22.9 Å². The molecule has 0 saturated carbocycles. The Balaban J connectivity index is 2.67. The second kappa shape index (κ2) is 3.39. The second-order valence-electron chi connectivity index (χ2n) is 2.39. The molecule has 0 bridgehead atoms. The number of aromatic nitrogens is 2. The monoisotopic (exact) mass is 155 g/mol. The molecule has 0 aromatic carbocycles. The Morgan fingerprint density at radius 2 is 2.45 bits per heavy atom. The van der Waals surface area contributed by atoms with E-state index in [-0.39, 0.29) is 0 Å². The fourth-order valence-electron chi connectivity index (χ4n) is 0.899. The van der Waals surface area contributed by atoms with Crippen molar-refractivity contribution < 1.29 is 4.74 Å². The normalized spacial score (nSPS) is 10.1. The van der Waals surface area contributed by atoms with Gasteiger partial charge in [-0.1, -0.05) is 0 Å². The summed E-state index contributed by atoms with van der Waals surface area (Å²) in [5.41, 5.74) is 6.33. The molecule has 0 atom stereocenters. The first kappa shape index (κ1) is 8.07. The summed E-state index contributed by atoms with van der Waals surface area (Å²) in [5, 5.41) is 4.02. The first-order valence-electron chi connectivity index (χ1n) is 3.57. The van der Waals surface area contributed by atoms with Gasteiger partial charge in [0.2, 0.25) is 5.88 Å². The Labute approximate surface area is 66.0 Å². The topological polar surface area (TPSA) is 53.1 Å². The lowest BCUT2D eigenvalue weighted by Crippen LogP contribution is -2.12. The van der Waals surface area contributed by atoms with Gasteiger partial charge >= 0.3 is 0 Å². The average Bonchev–Trinajstić information content (AvgIpc) is 2.29. The smallest absolute Gasteiger partial charge is 0.214 e. The lowest BCUT2D eigenvalue weighted by atomic mass is 10.4. The summed E-state index contributed by atoms with van der Waals surface area (Å²) in [6, 6.07) is 0. The van der Waals surface area contributed by atoms with E-state index in [9.17, 15) is 0 Å². The molecule has 1 aromatic heterocycles. The molecule has 0 unspecified atom stereocenters. The third-order valence-corrected chi connectivity index (χ3v) is 1.41. The SMILES string of the molecule is Cc1cnn(C)c1OCCN. The molecule has 11 heavy (non-hydrogen) atoms. The summed E-state index contributed by atoms with van der Waals surface area (Å²) >= 11 is 0. The molecule has 0 radical (unpaired) electrons. The lowest BCUT2D eigenvalue weighted by molar-refractivity contribution is 0.297. The maximum Gasteiger partial charge on any atom is 0.214 e. The van der Waals surface area contributed by atoms with Gasteiger partial charge in [-0.3, -0.25) is 0 Å². The van der Waals surface area contributed by atoms with Gasteiger partial charge < -0.3 is 10.5 Å². The molecule has 0 aliphatic rings. The Morgan fingerprint density at radius 3 is 2.91 bits per heavy atom. The van der Waals surface area contributed by atoms with Crippen LogP contribution < -0.4 is 10.5 Å². The predicted molar refractivity (Wildman–Crippen MR) is 42.5 cm³/mol. The summed E-state index contributed by atoms with van der Waals surface area (Å²) in [6.45, 7) is 3.03. The van der Waals surface area contributed by atoms with E-state index in [4.69, 9.17) is 10.5 Å². The molecule has 2 N–H and O–H groups in total. The third-order valence-electron chi connectivity index (χ3n) is 1.41. The molecule has 4 heteroatoms. The van der Waals surface area contributed by atoms with E-state index in [1.165, 1.54) is 0 Å². The lowest BCUT2D eigenvalue weighted by Gasteiger charge is -2.04. The van der Waals surface area contributed by atoms with Gasteiger partial charge in [-0.2, -0.15) is 5.10 Å². The van der Waals surface area contributed by atoms with E-state index in [0.717, 1.165) is 11.4 Å². The molecule has 1 heterocycles. The highest BCUT2D eigenvalue weighted by atomic mass is 16.5. The van der Waals surface area contributed by atoms with E-state index in [1.54, 1.807) is 10.9 Å². The standard InChI is InChI=1S/C7H13N3O/c1-6-5-9-10(2)7(6)11-4-3-8/h5H,3-4,8H2,1-2H3. The van der Waals surface area contributed by atoms with Crippen molar-refractivity contribution in [1.82, 2.24) is 9.78 Å². The van der Waals surface area contributed by atoms with E-state index in [0.29, 0.717) is 13.2 Å². The second-order valence-corrected chi connectivity index (χ2v) is 2.39. The summed E-state index contributed by atoms with van der Waals surface area (Å²) in [5.74, 6) is 0.801. The molecular weight excluding hydrogens is 142 g/mol. The first-order chi connectivity index (χ1) is 5.25. The van der Waals surface area contributed by atoms with Gasteiger partial charge in [0.05, 0.1) is 6.20 Å². The first-order valence-corrected chi connectivity index (χ1v) is 3.57. The van der Waals surface area contributed by atoms with Crippen LogP contribution in [0.2, 0.25) is 0 Å². The molecular formula is C7H13N3O. The molecule has 0 fully saturated rings. The highest BCUT2D eigenvalue weighted by molar-refractivity contribution is 5.21. The maximum atomic E-state index is 5.33. The molecule has 0 aliphatic heterocycles. The number of ether oxygens (including phenoxy) is 1. The quantitative estimate of drug-likeness (QED) is 0.671. The molecule has 0 aliphatic carbocycles. The minimum Gasteiger partial charge on any atom is -0.476 e. The molecule has 0 amide bonds. The van der Waals surface area contributed by atoms with Gasteiger partial charge in [-0.25, -0.2) is 4.68 Å². The fraction of sp³-hybridized carbons (Fsp3) is 0.571. The van der Waals surface area contributed by atoms with Crippen LogP contribution in [0.25, 0.3) is 0 Å². The zero-order chi connectivity index (χ0) is 8.27. The highest BCUT2D eigenvalue weighted by Gasteiger charge is 2.03. The number of aryl methyl sites for hydroxylation is 2. The Morgan fingerprint density at radius 1 is 1.73 bits per heavy atom. The Bertz CT molecular complexity index is 212. The summed E-state index contributed by atoms with van der Waals surface area (Å²) < 4.78 is 7.03. The van der Waals surface area contributed by atoms with Crippen LogP contribution in [0.3, 0.4) is 0 Å². The van der Waals surface area contributed by atoms with Gasteiger partial charge in [0.1, 0.15) is 6.61 Å². The Hall–Kier alpha value is -1.03. The molecule has 1 aromatic rings. The third kappa shape index (κ3) is 1.71. The van der Waals surface area contributed by atoms with Crippen molar-refractivity contribution in [2.24, 2.45) is 12.8 Å². The van der Waals surface area contributed by atoms with Crippen molar-refractivity contribution in [1.29, 1.82) is 0 Å². The maximum absolute atomic E-state index is 5.33. The molecule has 0 saturated heterocycles. The van der Waals surface area contributed by atoms with Gasteiger partial charge in [0.25, 0.3) is 0 Å². The molecule has 1 rings (SSSR count). The highest BCUT2D eigenvalue weighted by Crippen LogP contribution is 2.14. The molecule has 0 spiro atoms. The van der Waals surface area contributed by atoms with Crippen LogP contribution in [0.5, 0.6) is 5.88 Å². The van der Waals surface area contributed by atoms with Crippen molar-refractivity contribution >= 4 is 0 Å². The van der Waals surface area contributed by atoms with Crippen LogP contribution in [0, 0.1) is 6.92 Å². The van der Waals surface area contributed by atoms with E-state index < -0.39 is 0 Å². The van der Waals surface area contributed by atoms with E-state index in [2.05, 4.69) is 5.10 Å². The number of rotatable bonds is 3. The zero-order valence-electron chi connectivity index (χ0n) is 6.87. The van der Waals surface area contributed by atoms with Gasteiger partial charge in [-0.05, 0) is 6.92 Å². The van der Waals surface area contributed by atoms with Gasteiger partial charge in [-0.15, -0.1) is 0 Å². The number of nitrogens with zero attached hydrogens (tertiary/aromatic N) is 2. The van der Waals surface area contributed by atoms with Crippen molar-refractivity contribution in [2.45, 2.75) is 6.92 Å². The van der Waals surface area contributed by atoms with Crippen LogP contribution in [0.15, 0.2) is 6.20 Å². The average molecular weight is 155 g/mol. The largest absolute Gasteiger partial charge is 0.476 e. The van der Waals surface area contributed by atoms with Crippen molar-refractivity contribution in [3.8, 4) is 5.88 Å². The number of hydrogen-bond donors (Lipinski definition) is 1. The van der Waals surface area contributed by atoms with Crippen LogP contribution in [0.1, 0.15) is 5.56 Å². The number of nitrogens with two attached hydrogens (primary N) is 1. The Kier molecular flexibility index (Phi) is 2.48. The van der Waals surface area contributed by atoms with Crippen LogP contribution >= 0.6 is 0 Å². The molecule has 62 valence electrons. The van der Waals surface area contributed by atoms with Crippen LogP contribution in [0.4, 0.5) is 0 Å².